The molecule has 0 bridgehead atoms. The highest BCUT2D eigenvalue weighted by atomic mass is 79.9. The number of aryl methyl sites for hydroxylation is 1. The van der Waals surface area contributed by atoms with Gasteiger partial charge in [-0.25, -0.2) is 12.8 Å². The highest BCUT2D eigenvalue weighted by molar-refractivity contribution is 9.10. The summed E-state index contributed by atoms with van der Waals surface area (Å²) in [6, 6.07) is 8.53. The van der Waals surface area contributed by atoms with Crippen LogP contribution in [0.4, 0.5) is 10.1 Å². The van der Waals surface area contributed by atoms with Gasteiger partial charge in [0.15, 0.2) is 0 Å². The monoisotopic (exact) mass is 448 g/mol. The van der Waals surface area contributed by atoms with Gasteiger partial charge < -0.3 is 5.32 Å². The summed E-state index contributed by atoms with van der Waals surface area (Å²) >= 11 is 8.95. The van der Waals surface area contributed by atoms with Gasteiger partial charge in [-0.05, 0) is 48.9 Å². The number of carbonyl (C=O) groups excluding carboxylic acids is 1. The van der Waals surface area contributed by atoms with Crippen molar-refractivity contribution in [2.24, 2.45) is 0 Å². The van der Waals surface area contributed by atoms with E-state index in [1.54, 1.807) is 12.1 Å². The summed E-state index contributed by atoms with van der Waals surface area (Å²) in [6.45, 7) is 1.35. The van der Waals surface area contributed by atoms with Gasteiger partial charge in [0.1, 0.15) is 10.7 Å². The molecule has 5 nitrogen and oxygen atoms in total. The minimum Gasteiger partial charge on any atom is -0.325 e. The highest BCUT2D eigenvalue weighted by Gasteiger charge is 2.26. The normalized spacial score (nSPS) is 11.6. The van der Waals surface area contributed by atoms with Gasteiger partial charge >= 0.3 is 0 Å². The molecule has 0 radical (unpaired) electrons. The lowest BCUT2D eigenvalue weighted by Crippen LogP contribution is -2.35. The van der Waals surface area contributed by atoms with Crippen molar-refractivity contribution in [2.45, 2.75) is 11.8 Å². The van der Waals surface area contributed by atoms with E-state index in [4.69, 9.17) is 11.6 Å². The molecular formula is C16H15BrClFN2O3S. The molecule has 0 aliphatic carbocycles. The van der Waals surface area contributed by atoms with Gasteiger partial charge in [-0.1, -0.05) is 27.5 Å². The summed E-state index contributed by atoms with van der Waals surface area (Å²) in [5, 5.41) is 2.72. The average Bonchev–Trinajstić information content (AvgIpc) is 2.49. The fraction of sp³-hybridized carbons (Fsp3) is 0.188. The molecule has 0 saturated heterocycles. The number of benzene rings is 2. The number of hydrogen-bond donors (Lipinski definition) is 1. The average molecular weight is 450 g/mol. The smallest absolute Gasteiger partial charge is 0.246 e. The molecule has 0 aliphatic heterocycles. The minimum atomic E-state index is -4.16. The van der Waals surface area contributed by atoms with Crippen molar-refractivity contribution >= 4 is 49.1 Å². The maximum Gasteiger partial charge on any atom is 0.246 e. The number of likely N-dealkylation sites (N-methyl/N-ethyl adjacent to an activating group) is 1. The maximum atomic E-state index is 13.9. The van der Waals surface area contributed by atoms with Crippen LogP contribution in [0.3, 0.4) is 0 Å². The van der Waals surface area contributed by atoms with Crippen molar-refractivity contribution in [1.82, 2.24) is 4.31 Å². The Hall–Kier alpha value is -1.48. The van der Waals surface area contributed by atoms with Crippen LogP contribution in [0.1, 0.15) is 5.56 Å². The van der Waals surface area contributed by atoms with Gasteiger partial charge in [0.05, 0.1) is 6.54 Å². The number of nitrogens with one attached hydrogen (secondary N) is 1. The van der Waals surface area contributed by atoms with Gasteiger partial charge in [0, 0.05) is 22.2 Å². The molecule has 0 spiro atoms. The van der Waals surface area contributed by atoms with E-state index in [0.717, 1.165) is 26.5 Å². The Morgan fingerprint density at radius 3 is 2.56 bits per heavy atom. The van der Waals surface area contributed by atoms with E-state index in [1.807, 2.05) is 13.0 Å². The first-order valence-electron chi connectivity index (χ1n) is 7.08. The lowest BCUT2D eigenvalue weighted by molar-refractivity contribution is -0.116. The van der Waals surface area contributed by atoms with Gasteiger partial charge in [-0.3, -0.25) is 4.79 Å². The maximum absolute atomic E-state index is 13.9. The standard InChI is InChI=1S/C16H15BrClFN2O3S/c1-10-7-11(17)3-5-14(10)20-16(22)9-21(2)25(23,24)15-6-4-12(18)8-13(15)19/h3-8H,9H2,1-2H3,(H,20,22). The van der Waals surface area contributed by atoms with Crippen molar-refractivity contribution in [3.8, 4) is 0 Å². The van der Waals surface area contributed by atoms with Crippen LogP contribution < -0.4 is 5.32 Å². The largest absolute Gasteiger partial charge is 0.325 e. The Kier molecular flexibility index (Phi) is 6.21. The summed E-state index contributed by atoms with van der Waals surface area (Å²) in [5.74, 6) is -1.51. The second-order valence-electron chi connectivity index (χ2n) is 5.34. The molecule has 25 heavy (non-hydrogen) atoms. The third-order valence-corrected chi connectivity index (χ3v) is 5.98. The summed E-state index contributed by atoms with van der Waals surface area (Å²) in [6.07, 6.45) is 0. The summed E-state index contributed by atoms with van der Waals surface area (Å²) in [4.78, 5) is 11.6. The number of hydrogen-bond acceptors (Lipinski definition) is 3. The van der Waals surface area contributed by atoms with Crippen LogP contribution in [0, 0.1) is 12.7 Å². The van der Waals surface area contributed by atoms with Crippen molar-refractivity contribution in [3.05, 3.63) is 57.3 Å². The topological polar surface area (TPSA) is 66.5 Å². The molecule has 1 amide bonds. The summed E-state index contributed by atoms with van der Waals surface area (Å²) in [5.41, 5.74) is 1.38. The van der Waals surface area contributed by atoms with Gasteiger partial charge in [-0.2, -0.15) is 4.31 Å². The van der Waals surface area contributed by atoms with Gasteiger partial charge in [0.25, 0.3) is 0 Å². The molecule has 9 heteroatoms. The van der Waals surface area contributed by atoms with E-state index in [9.17, 15) is 17.6 Å². The third-order valence-electron chi connectivity index (χ3n) is 3.41. The molecule has 0 aromatic heterocycles. The van der Waals surface area contributed by atoms with Gasteiger partial charge in [0.2, 0.25) is 15.9 Å². The van der Waals surface area contributed by atoms with Crippen LogP contribution in [-0.4, -0.2) is 32.2 Å². The Labute approximate surface area is 159 Å². The predicted molar refractivity (Wildman–Crippen MR) is 98.7 cm³/mol. The molecule has 0 fully saturated rings. The number of anilines is 1. The summed E-state index contributed by atoms with van der Waals surface area (Å²) < 4.78 is 40.4. The zero-order valence-electron chi connectivity index (χ0n) is 13.4. The van der Waals surface area contributed by atoms with E-state index in [0.29, 0.717) is 5.69 Å². The van der Waals surface area contributed by atoms with Gasteiger partial charge in [-0.15, -0.1) is 0 Å². The molecule has 1 N–H and O–H groups in total. The van der Waals surface area contributed by atoms with Crippen LogP contribution in [0.15, 0.2) is 45.8 Å². The molecule has 134 valence electrons. The van der Waals surface area contributed by atoms with E-state index in [2.05, 4.69) is 21.2 Å². The number of rotatable bonds is 5. The van der Waals surface area contributed by atoms with Crippen molar-refractivity contribution in [2.75, 3.05) is 18.9 Å². The highest BCUT2D eigenvalue weighted by Crippen LogP contribution is 2.22. The molecule has 0 unspecified atom stereocenters. The van der Waals surface area contributed by atoms with Crippen molar-refractivity contribution in [1.29, 1.82) is 0 Å². The molecular weight excluding hydrogens is 435 g/mol. The van der Waals surface area contributed by atoms with Crippen LogP contribution in [-0.2, 0) is 14.8 Å². The number of halogens is 3. The van der Waals surface area contributed by atoms with Crippen molar-refractivity contribution < 1.29 is 17.6 Å². The molecule has 2 aromatic carbocycles. The minimum absolute atomic E-state index is 0.0857. The Morgan fingerprint density at radius 2 is 1.96 bits per heavy atom. The fourth-order valence-corrected chi connectivity index (χ4v) is 3.90. The van der Waals surface area contributed by atoms with Crippen LogP contribution >= 0.6 is 27.5 Å². The first kappa shape index (κ1) is 19.8. The Bertz CT molecular complexity index is 922. The first-order valence-corrected chi connectivity index (χ1v) is 9.70. The molecule has 2 rings (SSSR count). The number of sulfonamides is 1. The SMILES string of the molecule is Cc1cc(Br)ccc1NC(=O)CN(C)S(=O)(=O)c1ccc(Cl)cc1F. The van der Waals surface area contributed by atoms with Crippen LogP contribution in [0.2, 0.25) is 5.02 Å². The van der Waals surface area contributed by atoms with E-state index >= 15 is 0 Å². The van der Waals surface area contributed by atoms with E-state index in [1.165, 1.54) is 13.1 Å². The zero-order chi connectivity index (χ0) is 18.8. The molecule has 0 saturated carbocycles. The lowest BCUT2D eigenvalue weighted by atomic mass is 10.2. The molecule has 0 aliphatic rings. The third kappa shape index (κ3) is 4.78. The Morgan fingerprint density at radius 1 is 1.28 bits per heavy atom. The van der Waals surface area contributed by atoms with E-state index < -0.39 is 33.2 Å². The molecule has 0 heterocycles. The predicted octanol–water partition coefficient (Wildman–Crippen LogP) is 3.81. The quantitative estimate of drug-likeness (QED) is 0.755. The lowest BCUT2D eigenvalue weighted by Gasteiger charge is -2.18. The zero-order valence-corrected chi connectivity index (χ0v) is 16.5. The second kappa shape index (κ2) is 7.82. The van der Waals surface area contributed by atoms with Crippen molar-refractivity contribution in [3.63, 3.8) is 0 Å². The number of carbonyl (C=O) groups is 1. The fourth-order valence-electron chi connectivity index (χ4n) is 2.10. The number of amides is 1. The molecule has 2 aromatic rings. The van der Waals surface area contributed by atoms with Crippen LogP contribution in [0.5, 0.6) is 0 Å². The second-order valence-corrected chi connectivity index (χ2v) is 8.71. The van der Waals surface area contributed by atoms with E-state index in [-0.39, 0.29) is 5.02 Å². The Balaban J connectivity index is 2.14. The van der Waals surface area contributed by atoms with Crippen LogP contribution in [0.25, 0.3) is 0 Å². The summed E-state index contributed by atoms with van der Waals surface area (Å²) in [7, 11) is -2.95. The molecule has 0 atom stereocenters. The first-order chi connectivity index (χ1) is 11.6. The number of nitrogens with zero attached hydrogens (tertiary/aromatic N) is 1.